The average Bonchev–Trinajstić information content (AvgIpc) is 3.20. The summed E-state index contributed by atoms with van der Waals surface area (Å²) in [5.41, 5.74) is 2.37. The number of benzene rings is 2. The van der Waals surface area contributed by atoms with Crippen LogP contribution in [0.15, 0.2) is 69.3 Å². The van der Waals surface area contributed by atoms with Crippen LogP contribution in [0.2, 0.25) is 0 Å². The van der Waals surface area contributed by atoms with E-state index in [4.69, 9.17) is 5.14 Å². The van der Waals surface area contributed by atoms with Crippen LogP contribution in [-0.4, -0.2) is 14.3 Å². The lowest BCUT2D eigenvalue weighted by Gasteiger charge is -2.19. The van der Waals surface area contributed by atoms with Crippen molar-refractivity contribution in [3.8, 4) is 0 Å². The number of carbonyl (C=O) groups is 1. The average molecular weight is 493 g/mol. The summed E-state index contributed by atoms with van der Waals surface area (Å²) in [6, 6.07) is 15.8. The van der Waals surface area contributed by atoms with E-state index in [-0.39, 0.29) is 16.5 Å². The number of nitrogens with one attached hydrogen (secondary N) is 1. The van der Waals surface area contributed by atoms with E-state index in [1.54, 1.807) is 11.3 Å². The number of nitrogens with two attached hydrogens (primary N) is 1. The molecule has 29 heavy (non-hydrogen) atoms. The van der Waals surface area contributed by atoms with E-state index < -0.39 is 15.9 Å². The third-order valence-electron chi connectivity index (χ3n) is 4.55. The number of sulfonamides is 1. The topological polar surface area (TPSA) is 89.3 Å². The van der Waals surface area contributed by atoms with Crippen molar-refractivity contribution in [1.82, 2.24) is 5.32 Å². The molecule has 0 fully saturated rings. The maximum absolute atomic E-state index is 13.0. The van der Waals surface area contributed by atoms with Gasteiger partial charge < -0.3 is 5.32 Å². The summed E-state index contributed by atoms with van der Waals surface area (Å²) in [4.78, 5) is 13.9. The van der Waals surface area contributed by atoms with E-state index in [1.807, 2.05) is 29.6 Å². The number of rotatable bonds is 6. The van der Waals surface area contributed by atoms with Crippen LogP contribution in [0, 0.1) is 0 Å². The van der Waals surface area contributed by atoms with Gasteiger partial charge in [0, 0.05) is 9.35 Å². The summed E-state index contributed by atoms with van der Waals surface area (Å²) in [5.74, 6) is 0.0180. The molecule has 0 aliphatic rings. The molecule has 0 radical (unpaired) electrons. The molecule has 0 spiro atoms. The van der Waals surface area contributed by atoms with Crippen LogP contribution < -0.4 is 10.5 Å². The van der Waals surface area contributed by atoms with Gasteiger partial charge in [-0.15, -0.1) is 11.3 Å². The number of hydrogen-bond donors (Lipinski definition) is 2. The number of carbonyl (C=O) groups excluding carboxylic acids is 1. The Morgan fingerprint density at radius 1 is 1.07 bits per heavy atom. The SMILES string of the molecule is CC(C)c1ccc(C(NC(=O)c2cc(S(N)(=O)=O)ccc2Br)c2cccs2)cc1. The zero-order valence-electron chi connectivity index (χ0n) is 15.9. The van der Waals surface area contributed by atoms with Gasteiger partial charge in [0.05, 0.1) is 16.5 Å². The molecule has 0 aliphatic heterocycles. The summed E-state index contributed by atoms with van der Waals surface area (Å²) in [6.07, 6.45) is 0. The Kier molecular flexibility index (Phi) is 6.58. The summed E-state index contributed by atoms with van der Waals surface area (Å²) in [7, 11) is -3.91. The molecule has 2 aromatic carbocycles. The van der Waals surface area contributed by atoms with Gasteiger partial charge in [-0.05, 0) is 62.6 Å². The molecule has 0 bridgehead atoms. The number of amides is 1. The number of hydrogen-bond acceptors (Lipinski definition) is 4. The summed E-state index contributed by atoms with van der Waals surface area (Å²) in [6.45, 7) is 4.26. The van der Waals surface area contributed by atoms with Gasteiger partial charge in [-0.2, -0.15) is 0 Å². The van der Waals surface area contributed by atoms with Gasteiger partial charge in [-0.3, -0.25) is 4.79 Å². The monoisotopic (exact) mass is 492 g/mol. The van der Waals surface area contributed by atoms with Gasteiger partial charge in [-0.1, -0.05) is 44.2 Å². The van der Waals surface area contributed by atoms with E-state index in [9.17, 15) is 13.2 Å². The first-order chi connectivity index (χ1) is 13.7. The predicted molar refractivity (Wildman–Crippen MR) is 120 cm³/mol. The van der Waals surface area contributed by atoms with Crippen molar-refractivity contribution >= 4 is 43.2 Å². The third kappa shape index (κ3) is 5.14. The minimum Gasteiger partial charge on any atom is -0.340 e. The Hall–Kier alpha value is -2.00. The van der Waals surface area contributed by atoms with E-state index in [0.29, 0.717) is 10.4 Å². The number of thiophene rings is 1. The van der Waals surface area contributed by atoms with Crippen molar-refractivity contribution < 1.29 is 13.2 Å². The predicted octanol–water partition coefficient (Wildman–Crippen LogP) is 4.80. The van der Waals surface area contributed by atoms with Gasteiger partial charge in [0.2, 0.25) is 10.0 Å². The van der Waals surface area contributed by atoms with Crippen LogP contribution in [-0.2, 0) is 10.0 Å². The molecule has 0 saturated carbocycles. The number of halogens is 1. The molecule has 0 saturated heterocycles. The number of primary sulfonamides is 1. The van der Waals surface area contributed by atoms with Gasteiger partial charge in [-0.25, -0.2) is 13.6 Å². The standard InChI is InChI=1S/C21H21BrN2O3S2/c1-13(2)14-5-7-15(8-6-14)20(19-4-3-11-28-19)24-21(25)17-12-16(29(23,26)27)9-10-18(17)22/h3-13,20H,1-2H3,(H,24,25)(H2,23,26,27). The highest BCUT2D eigenvalue weighted by Crippen LogP contribution is 2.29. The first-order valence-electron chi connectivity index (χ1n) is 8.93. The van der Waals surface area contributed by atoms with Gasteiger partial charge in [0.15, 0.2) is 0 Å². The molecule has 8 heteroatoms. The first-order valence-corrected chi connectivity index (χ1v) is 12.1. The van der Waals surface area contributed by atoms with Crippen molar-refractivity contribution in [2.24, 2.45) is 5.14 Å². The van der Waals surface area contributed by atoms with E-state index >= 15 is 0 Å². The smallest absolute Gasteiger partial charge is 0.253 e. The molecule has 3 N–H and O–H groups in total. The third-order valence-corrected chi connectivity index (χ3v) is 7.09. The molecule has 1 heterocycles. The van der Waals surface area contributed by atoms with Crippen LogP contribution in [0.1, 0.15) is 52.2 Å². The highest BCUT2D eigenvalue weighted by molar-refractivity contribution is 9.10. The minimum absolute atomic E-state index is 0.111. The van der Waals surface area contributed by atoms with Crippen molar-refractivity contribution in [2.45, 2.75) is 30.7 Å². The van der Waals surface area contributed by atoms with Crippen molar-refractivity contribution in [2.75, 3.05) is 0 Å². The Morgan fingerprint density at radius 2 is 1.72 bits per heavy atom. The second kappa shape index (κ2) is 8.79. The fourth-order valence-electron chi connectivity index (χ4n) is 2.91. The van der Waals surface area contributed by atoms with E-state index in [0.717, 1.165) is 10.4 Å². The maximum Gasteiger partial charge on any atom is 0.253 e. The zero-order valence-corrected chi connectivity index (χ0v) is 19.1. The van der Waals surface area contributed by atoms with Crippen LogP contribution in [0.25, 0.3) is 0 Å². The Balaban J connectivity index is 1.96. The largest absolute Gasteiger partial charge is 0.340 e. The highest BCUT2D eigenvalue weighted by atomic mass is 79.9. The van der Waals surface area contributed by atoms with E-state index in [1.165, 1.54) is 23.8 Å². The molecule has 3 rings (SSSR count). The van der Waals surface area contributed by atoms with E-state index in [2.05, 4.69) is 47.2 Å². The highest BCUT2D eigenvalue weighted by Gasteiger charge is 2.22. The van der Waals surface area contributed by atoms with Gasteiger partial charge in [0.25, 0.3) is 5.91 Å². The molecular formula is C21H21BrN2O3S2. The van der Waals surface area contributed by atoms with Crippen LogP contribution in [0.3, 0.4) is 0 Å². The lowest BCUT2D eigenvalue weighted by Crippen LogP contribution is -2.29. The molecule has 3 aromatic rings. The molecule has 1 atom stereocenters. The quantitative estimate of drug-likeness (QED) is 0.517. The summed E-state index contributed by atoms with van der Waals surface area (Å²) < 4.78 is 23.8. The fraction of sp³-hybridized carbons (Fsp3) is 0.190. The Labute approximate surface area is 183 Å². The Bertz CT molecular complexity index is 1110. The fourth-order valence-corrected chi connectivity index (χ4v) is 4.68. The van der Waals surface area contributed by atoms with Crippen LogP contribution in [0.4, 0.5) is 0 Å². The van der Waals surface area contributed by atoms with Crippen molar-refractivity contribution in [3.05, 3.63) is 86.0 Å². The van der Waals surface area contributed by atoms with Crippen LogP contribution >= 0.6 is 27.3 Å². The first kappa shape index (κ1) is 21.7. The van der Waals surface area contributed by atoms with Gasteiger partial charge in [0.1, 0.15) is 0 Å². The van der Waals surface area contributed by atoms with Gasteiger partial charge >= 0.3 is 0 Å². The lowest BCUT2D eigenvalue weighted by atomic mass is 9.98. The normalized spacial score (nSPS) is 12.7. The van der Waals surface area contributed by atoms with Crippen LogP contribution in [0.5, 0.6) is 0 Å². The second-order valence-corrected chi connectivity index (χ2v) is 10.3. The second-order valence-electron chi connectivity index (χ2n) is 6.93. The maximum atomic E-state index is 13.0. The van der Waals surface area contributed by atoms with Crippen molar-refractivity contribution in [1.29, 1.82) is 0 Å². The summed E-state index contributed by atoms with van der Waals surface area (Å²) in [5, 5.41) is 10.2. The Morgan fingerprint density at radius 3 is 2.28 bits per heavy atom. The molecule has 1 amide bonds. The van der Waals surface area contributed by atoms with Crippen molar-refractivity contribution in [3.63, 3.8) is 0 Å². The molecule has 5 nitrogen and oxygen atoms in total. The molecule has 0 aliphatic carbocycles. The molecule has 1 aromatic heterocycles. The summed E-state index contributed by atoms with van der Waals surface area (Å²) >= 11 is 4.87. The minimum atomic E-state index is -3.91. The molecular weight excluding hydrogens is 472 g/mol. The zero-order chi connectivity index (χ0) is 21.2. The molecule has 152 valence electrons. The lowest BCUT2D eigenvalue weighted by molar-refractivity contribution is 0.0942. The molecule has 1 unspecified atom stereocenters.